The number of amides is 1. The quantitative estimate of drug-likeness (QED) is 0.697. The fraction of sp³-hybridized carbons (Fsp3) is 0.450. The zero-order valence-electron chi connectivity index (χ0n) is 16.1. The van der Waals surface area contributed by atoms with Crippen molar-refractivity contribution >= 4 is 16.9 Å². The summed E-state index contributed by atoms with van der Waals surface area (Å²) in [5, 5.41) is 3.96. The second-order valence-corrected chi connectivity index (χ2v) is 7.36. The molecule has 1 aliphatic heterocycles. The van der Waals surface area contributed by atoms with Crippen LogP contribution in [0.5, 0.6) is 0 Å². The molecule has 0 saturated carbocycles. The number of fused-ring (bicyclic) bond motifs is 1. The third-order valence-corrected chi connectivity index (χ3v) is 5.42. The maximum absolute atomic E-state index is 13.0. The summed E-state index contributed by atoms with van der Waals surface area (Å²) in [6, 6.07) is 4.03. The van der Waals surface area contributed by atoms with Crippen LogP contribution in [-0.4, -0.2) is 39.0 Å². The summed E-state index contributed by atoms with van der Waals surface area (Å²) in [5.74, 6) is 0.392. The Morgan fingerprint density at radius 3 is 2.90 bits per heavy atom. The smallest absolute Gasteiger partial charge is 0.361 e. The minimum atomic E-state index is -4.48. The van der Waals surface area contributed by atoms with Crippen molar-refractivity contribution in [1.82, 2.24) is 20.0 Å². The van der Waals surface area contributed by atoms with Crippen LogP contribution < -0.4 is 0 Å². The van der Waals surface area contributed by atoms with Crippen molar-refractivity contribution < 1.29 is 22.5 Å². The van der Waals surface area contributed by atoms with Crippen molar-refractivity contribution in [1.29, 1.82) is 0 Å². The minimum absolute atomic E-state index is 0.00137. The van der Waals surface area contributed by atoms with Gasteiger partial charge in [0.1, 0.15) is 17.0 Å². The number of alkyl halides is 3. The molecule has 4 rings (SSSR count). The molecule has 0 radical (unpaired) electrons. The molecule has 0 bridgehead atoms. The number of carbonyl (C=O) groups excluding carboxylic acids is 1. The van der Waals surface area contributed by atoms with E-state index in [-0.39, 0.29) is 17.3 Å². The predicted molar refractivity (Wildman–Crippen MR) is 99.6 cm³/mol. The lowest BCUT2D eigenvalue weighted by Gasteiger charge is -2.32. The highest BCUT2D eigenvalue weighted by atomic mass is 19.4. The third kappa shape index (κ3) is 3.61. The number of aromatic nitrogens is 3. The second kappa shape index (κ2) is 7.20. The number of carbonyl (C=O) groups is 1. The van der Waals surface area contributed by atoms with Gasteiger partial charge in [0.15, 0.2) is 0 Å². The van der Waals surface area contributed by atoms with Gasteiger partial charge in [-0.2, -0.15) is 13.2 Å². The Morgan fingerprint density at radius 1 is 1.38 bits per heavy atom. The van der Waals surface area contributed by atoms with Crippen LogP contribution in [-0.2, 0) is 12.6 Å². The Morgan fingerprint density at radius 2 is 2.17 bits per heavy atom. The largest absolute Gasteiger partial charge is 0.433 e. The van der Waals surface area contributed by atoms with E-state index in [1.165, 1.54) is 6.07 Å². The van der Waals surface area contributed by atoms with E-state index >= 15 is 0 Å². The van der Waals surface area contributed by atoms with Gasteiger partial charge in [-0.05, 0) is 44.4 Å². The predicted octanol–water partition coefficient (Wildman–Crippen LogP) is 4.46. The van der Waals surface area contributed by atoms with Crippen molar-refractivity contribution in [3.8, 4) is 0 Å². The molecule has 1 fully saturated rings. The van der Waals surface area contributed by atoms with E-state index in [4.69, 9.17) is 4.52 Å². The normalized spacial score (nSPS) is 17.8. The van der Waals surface area contributed by atoms with Crippen molar-refractivity contribution in [2.24, 2.45) is 0 Å². The van der Waals surface area contributed by atoms with Gasteiger partial charge in [0.05, 0.1) is 16.7 Å². The molecule has 0 aliphatic carbocycles. The lowest BCUT2D eigenvalue weighted by atomic mass is 9.94. The maximum atomic E-state index is 13.0. The van der Waals surface area contributed by atoms with Crippen LogP contribution in [0.25, 0.3) is 11.0 Å². The Kier molecular flexibility index (Phi) is 4.84. The molecule has 0 aromatic carbocycles. The van der Waals surface area contributed by atoms with Crippen molar-refractivity contribution in [2.75, 3.05) is 13.1 Å². The van der Waals surface area contributed by atoms with Crippen LogP contribution >= 0.6 is 0 Å². The molecule has 3 aromatic heterocycles. The topological polar surface area (TPSA) is 75.0 Å². The first-order valence-electron chi connectivity index (χ1n) is 9.59. The number of nitrogens with one attached hydrogen (secondary N) is 1. The number of hydrogen-bond acceptors (Lipinski definition) is 4. The van der Waals surface area contributed by atoms with E-state index in [0.29, 0.717) is 42.0 Å². The average molecular weight is 406 g/mol. The van der Waals surface area contributed by atoms with Crippen molar-refractivity contribution in [3.63, 3.8) is 0 Å². The molecule has 1 aliphatic rings. The van der Waals surface area contributed by atoms with E-state index in [9.17, 15) is 18.0 Å². The van der Waals surface area contributed by atoms with E-state index in [0.717, 1.165) is 24.6 Å². The minimum Gasteiger partial charge on any atom is -0.361 e. The van der Waals surface area contributed by atoms with E-state index in [1.54, 1.807) is 17.9 Å². The number of hydrogen-bond donors (Lipinski definition) is 1. The maximum Gasteiger partial charge on any atom is 0.433 e. The molecule has 3 aromatic rings. The SMILES string of the molecule is CCc1noc(C)c1C(=O)N1CCCC(c2cc3nc(C(F)(F)F)ccc3[nH]2)C1. The summed E-state index contributed by atoms with van der Waals surface area (Å²) in [4.78, 5) is 21.7. The number of aryl methyl sites for hydroxylation is 2. The van der Waals surface area contributed by atoms with Crippen molar-refractivity contribution in [3.05, 3.63) is 46.6 Å². The Balaban J connectivity index is 1.58. The molecule has 154 valence electrons. The molecule has 4 heterocycles. The first kappa shape index (κ1) is 19.5. The van der Waals surface area contributed by atoms with E-state index < -0.39 is 11.9 Å². The van der Waals surface area contributed by atoms with Crippen LogP contribution in [0, 0.1) is 6.92 Å². The summed E-state index contributed by atoms with van der Waals surface area (Å²) in [6.45, 7) is 4.74. The monoisotopic (exact) mass is 406 g/mol. The molecular formula is C20H21F3N4O2. The Labute approximate surface area is 165 Å². The molecule has 6 nitrogen and oxygen atoms in total. The van der Waals surface area contributed by atoms with Gasteiger partial charge >= 0.3 is 6.18 Å². The van der Waals surface area contributed by atoms with Gasteiger partial charge in [-0.1, -0.05) is 12.1 Å². The Bertz CT molecular complexity index is 1050. The summed E-state index contributed by atoms with van der Waals surface area (Å²) < 4.78 is 43.9. The molecule has 1 atom stereocenters. The van der Waals surface area contributed by atoms with Crippen LogP contribution in [0.2, 0.25) is 0 Å². The summed E-state index contributed by atoms with van der Waals surface area (Å²) in [6.07, 6.45) is -2.23. The number of likely N-dealkylation sites (tertiary alicyclic amines) is 1. The summed E-state index contributed by atoms with van der Waals surface area (Å²) in [7, 11) is 0. The van der Waals surface area contributed by atoms with Crippen LogP contribution in [0.4, 0.5) is 13.2 Å². The lowest BCUT2D eigenvalue weighted by molar-refractivity contribution is -0.140. The lowest BCUT2D eigenvalue weighted by Crippen LogP contribution is -2.39. The fourth-order valence-electron chi connectivity index (χ4n) is 3.91. The molecule has 9 heteroatoms. The molecular weight excluding hydrogens is 385 g/mol. The number of pyridine rings is 1. The van der Waals surface area contributed by atoms with Gasteiger partial charge in [0, 0.05) is 24.7 Å². The number of nitrogens with zero attached hydrogens (tertiary/aromatic N) is 3. The standard InChI is InChI=1S/C20H21F3N4O2/c1-3-13-18(11(2)29-26-13)19(28)27-8-4-5-12(10-27)15-9-16-14(24-15)6-7-17(25-16)20(21,22)23/h6-7,9,12,24H,3-5,8,10H2,1-2H3. The van der Waals surface area contributed by atoms with Gasteiger partial charge in [-0.15, -0.1) is 0 Å². The highest BCUT2D eigenvalue weighted by Gasteiger charge is 2.33. The molecule has 29 heavy (non-hydrogen) atoms. The van der Waals surface area contributed by atoms with Gasteiger partial charge in [-0.25, -0.2) is 4.98 Å². The fourth-order valence-corrected chi connectivity index (χ4v) is 3.91. The van der Waals surface area contributed by atoms with E-state index in [2.05, 4.69) is 15.1 Å². The molecule has 1 saturated heterocycles. The second-order valence-electron chi connectivity index (χ2n) is 7.36. The molecule has 1 unspecified atom stereocenters. The van der Waals surface area contributed by atoms with E-state index in [1.807, 2.05) is 6.92 Å². The molecule has 1 N–H and O–H groups in total. The van der Waals surface area contributed by atoms with Crippen LogP contribution in [0.3, 0.4) is 0 Å². The van der Waals surface area contributed by atoms with Crippen LogP contribution in [0.15, 0.2) is 22.7 Å². The average Bonchev–Trinajstić information content (AvgIpc) is 3.29. The molecule has 0 spiro atoms. The molecule has 1 amide bonds. The summed E-state index contributed by atoms with van der Waals surface area (Å²) >= 11 is 0. The highest BCUT2D eigenvalue weighted by molar-refractivity contribution is 5.96. The zero-order valence-corrected chi connectivity index (χ0v) is 16.1. The number of halogens is 3. The van der Waals surface area contributed by atoms with Gasteiger partial charge < -0.3 is 14.4 Å². The Hall–Kier alpha value is -2.84. The van der Waals surface area contributed by atoms with Gasteiger partial charge in [0.25, 0.3) is 5.91 Å². The van der Waals surface area contributed by atoms with Crippen LogP contribution in [0.1, 0.15) is 58.9 Å². The first-order chi connectivity index (χ1) is 13.8. The number of aromatic amines is 1. The number of rotatable bonds is 3. The highest BCUT2D eigenvalue weighted by Crippen LogP contribution is 2.32. The number of piperidine rings is 1. The number of H-pyrrole nitrogens is 1. The third-order valence-electron chi connectivity index (χ3n) is 5.42. The van der Waals surface area contributed by atoms with Gasteiger partial charge in [-0.3, -0.25) is 4.79 Å². The summed E-state index contributed by atoms with van der Waals surface area (Å²) in [5.41, 5.74) is 1.87. The van der Waals surface area contributed by atoms with Gasteiger partial charge in [0.2, 0.25) is 0 Å². The van der Waals surface area contributed by atoms with Crippen molar-refractivity contribution in [2.45, 2.75) is 45.2 Å². The zero-order chi connectivity index (χ0) is 20.8. The first-order valence-corrected chi connectivity index (χ1v) is 9.59.